The Labute approximate surface area is 69.9 Å². The zero-order valence-electron chi connectivity index (χ0n) is 7.47. The molecule has 1 saturated carbocycles. The molecule has 1 fully saturated rings. The molecule has 11 heavy (non-hydrogen) atoms. The minimum atomic E-state index is 0.714. The van der Waals surface area contributed by atoms with Crippen molar-refractivity contribution in [2.45, 2.75) is 38.6 Å². The van der Waals surface area contributed by atoms with Gasteiger partial charge >= 0.3 is 0 Å². The van der Waals surface area contributed by atoms with E-state index in [1.165, 1.54) is 19.3 Å². The third-order valence-corrected chi connectivity index (χ3v) is 2.61. The van der Waals surface area contributed by atoms with E-state index in [0.717, 1.165) is 18.9 Å². The fourth-order valence-electron chi connectivity index (χ4n) is 1.73. The van der Waals surface area contributed by atoms with E-state index in [2.05, 4.69) is 18.8 Å². The van der Waals surface area contributed by atoms with Gasteiger partial charge in [0.2, 0.25) is 0 Å². The number of nitrogens with one attached hydrogen (secondary N) is 1. The van der Waals surface area contributed by atoms with Crippen LogP contribution in [0.4, 0.5) is 0 Å². The van der Waals surface area contributed by atoms with Crippen molar-refractivity contribution >= 4 is 0 Å². The Morgan fingerprint density at radius 1 is 1.64 bits per heavy atom. The molecule has 1 atom stereocenters. The van der Waals surface area contributed by atoms with Gasteiger partial charge in [-0.05, 0) is 31.7 Å². The molecule has 0 aliphatic heterocycles. The average molecular weight is 153 g/mol. The summed E-state index contributed by atoms with van der Waals surface area (Å²) < 4.78 is 0. The topological polar surface area (TPSA) is 12.0 Å². The molecule has 0 aromatic heterocycles. The molecule has 1 aliphatic rings. The summed E-state index contributed by atoms with van der Waals surface area (Å²) in [5.41, 5.74) is 0. The number of hydrogen-bond acceptors (Lipinski definition) is 1. The first-order valence-electron chi connectivity index (χ1n) is 4.72. The minimum Gasteiger partial charge on any atom is -0.314 e. The summed E-state index contributed by atoms with van der Waals surface area (Å²) in [5.74, 6) is 0.938. The number of hydrogen-bond donors (Lipinski definition) is 1. The van der Waals surface area contributed by atoms with Gasteiger partial charge < -0.3 is 5.32 Å². The zero-order chi connectivity index (χ0) is 8.10. The van der Waals surface area contributed by atoms with E-state index < -0.39 is 0 Å². The van der Waals surface area contributed by atoms with E-state index in [4.69, 9.17) is 0 Å². The van der Waals surface area contributed by atoms with E-state index in [1.54, 1.807) is 0 Å². The highest BCUT2D eigenvalue weighted by molar-refractivity contribution is 4.87. The first-order valence-corrected chi connectivity index (χ1v) is 4.72. The normalized spacial score (nSPS) is 20.8. The Morgan fingerprint density at radius 2 is 2.36 bits per heavy atom. The second kappa shape index (κ2) is 4.55. The summed E-state index contributed by atoms with van der Waals surface area (Å²) >= 11 is 0. The van der Waals surface area contributed by atoms with Crippen LogP contribution in [0.15, 0.2) is 12.7 Å². The molecule has 0 amide bonds. The summed E-state index contributed by atoms with van der Waals surface area (Å²) in [6.45, 7) is 7.05. The lowest BCUT2D eigenvalue weighted by Gasteiger charge is -2.33. The summed E-state index contributed by atoms with van der Waals surface area (Å²) in [4.78, 5) is 0. The van der Waals surface area contributed by atoms with Crippen molar-refractivity contribution < 1.29 is 0 Å². The van der Waals surface area contributed by atoms with E-state index in [1.807, 2.05) is 6.08 Å². The van der Waals surface area contributed by atoms with Gasteiger partial charge in [-0.2, -0.15) is 0 Å². The Bertz CT molecular complexity index is 116. The third-order valence-electron chi connectivity index (χ3n) is 2.61. The lowest BCUT2D eigenvalue weighted by molar-refractivity contribution is 0.232. The summed E-state index contributed by atoms with van der Waals surface area (Å²) in [7, 11) is 0. The molecule has 0 aromatic carbocycles. The van der Waals surface area contributed by atoms with Crippen LogP contribution in [0.5, 0.6) is 0 Å². The number of rotatable bonds is 5. The SMILES string of the molecule is C=CCC(NCC)C1CCC1. The second-order valence-electron chi connectivity index (χ2n) is 3.38. The maximum atomic E-state index is 3.78. The van der Waals surface area contributed by atoms with E-state index in [0.29, 0.717) is 6.04 Å². The molecule has 0 spiro atoms. The predicted octanol–water partition coefficient (Wildman–Crippen LogP) is 2.34. The molecule has 0 radical (unpaired) electrons. The summed E-state index contributed by atoms with van der Waals surface area (Å²) in [6.07, 6.45) is 7.45. The summed E-state index contributed by atoms with van der Waals surface area (Å²) in [6, 6.07) is 0.714. The van der Waals surface area contributed by atoms with Crippen molar-refractivity contribution in [3.05, 3.63) is 12.7 Å². The third kappa shape index (κ3) is 2.33. The Hall–Kier alpha value is -0.300. The lowest BCUT2D eigenvalue weighted by atomic mass is 9.78. The van der Waals surface area contributed by atoms with Crippen LogP contribution in [0.25, 0.3) is 0 Å². The van der Waals surface area contributed by atoms with Gasteiger partial charge in [-0.3, -0.25) is 0 Å². The highest BCUT2D eigenvalue weighted by atomic mass is 14.9. The monoisotopic (exact) mass is 153 g/mol. The molecule has 1 aliphatic carbocycles. The highest BCUT2D eigenvalue weighted by Crippen LogP contribution is 2.30. The van der Waals surface area contributed by atoms with E-state index in [9.17, 15) is 0 Å². The van der Waals surface area contributed by atoms with Crippen molar-refractivity contribution in [3.8, 4) is 0 Å². The van der Waals surface area contributed by atoms with Crippen LogP contribution in [0, 0.1) is 5.92 Å². The van der Waals surface area contributed by atoms with Gasteiger partial charge in [-0.25, -0.2) is 0 Å². The fourth-order valence-corrected chi connectivity index (χ4v) is 1.73. The Morgan fingerprint density at radius 3 is 2.73 bits per heavy atom. The smallest absolute Gasteiger partial charge is 0.0130 e. The van der Waals surface area contributed by atoms with Gasteiger partial charge in [-0.15, -0.1) is 6.58 Å². The van der Waals surface area contributed by atoms with Crippen LogP contribution in [0.1, 0.15) is 32.6 Å². The van der Waals surface area contributed by atoms with Crippen LogP contribution in [-0.2, 0) is 0 Å². The largest absolute Gasteiger partial charge is 0.314 e. The molecular weight excluding hydrogens is 134 g/mol. The first-order chi connectivity index (χ1) is 5.38. The first kappa shape index (κ1) is 8.79. The van der Waals surface area contributed by atoms with Crippen LogP contribution < -0.4 is 5.32 Å². The van der Waals surface area contributed by atoms with Crippen LogP contribution >= 0.6 is 0 Å². The van der Waals surface area contributed by atoms with Gasteiger partial charge in [0.25, 0.3) is 0 Å². The van der Waals surface area contributed by atoms with Crippen LogP contribution in [-0.4, -0.2) is 12.6 Å². The standard InChI is InChI=1S/C10H19N/c1-3-6-10(11-4-2)9-7-5-8-9/h3,9-11H,1,4-8H2,2H3. The summed E-state index contributed by atoms with van der Waals surface area (Å²) in [5, 5.41) is 3.51. The minimum absolute atomic E-state index is 0.714. The van der Waals surface area contributed by atoms with E-state index in [-0.39, 0.29) is 0 Å². The maximum absolute atomic E-state index is 3.78. The molecule has 0 heterocycles. The maximum Gasteiger partial charge on any atom is 0.0130 e. The predicted molar refractivity (Wildman–Crippen MR) is 49.6 cm³/mol. The highest BCUT2D eigenvalue weighted by Gasteiger charge is 2.25. The Balaban J connectivity index is 2.24. The molecule has 1 unspecified atom stereocenters. The molecular formula is C10H19N. The van der Waals surface area contributed by atoms with Crippen molar-refractivity contribution in [1.82, 2.24) is 5.32 Å². The van der Waals surface area contributed by atoms with Crippen LogP contribution in [0.2, 0.25) is 0 Å². The van der Waals surface area contributed by atoms with Crippen LogP contribution in [0.3, 0.4) is 0 Å². The molecule has 0 aromatic rings. The van der Waals surface area contributed by atoms with Crippen molar-refractivity contribution in [2.24, 2.45) is 5.92 Å². The zero-order valence-corrected chi connectivity index (χ0v) is 7.47. The molecule has 1 heteroatoms. The van der Waals surface area contributed by atoms with E-state index >= 15 is 0 Å². The Kier molecular flexibility index (Phi) is 3.64. The van der Waals surface area contributed by atoms with Gasteiger partial charge in [0.15, 0.2) is 0 Å². The molecule has 1 N–H and O–H groups in total. The molecule has 1 rings (SSSR count). The average Bonchev–Trinajstić information content (AvgIpc) is 1.85. The van der Waals surface area contributed by atoms with Gasteiger partial charge in [-0.1, -0.05) is 19.4 Å². The van der Waals surface area contributed by atoms with Gasteiger partial charge in [0, 0.05) is 6.04 Å². The van der Waals surface area contributed by atoms with Crippen molar-refractivity contribution in [3.63, 3.8) is 0 Å². The fraction of sp³-hybridized carbons (Fsp3) is 0.800. The second-order valence-corrected chi connectivity index (χ2v) is 3.38. The molecule has 64 valence electrons. The van der Waals surface area contributed by atoms with Gasteiger partial charge in [0.05, 0.1) is 0 Å². The van der Waals surface area contributed by atoms with Crippen molar-refractivity contribution in [2.75, 3.05) is 6.54 Å². The molecule has 0 saturated heterocycles. The molecule has 0 bridgehead atoms. The quantitative estimate of drug-likeness (QED) is 0.598. The lowest BCUT2D eigenvalue weighted by Crippen LogP contribution is -2.38. The molecule has 1 nitrogen and oxygen atoms in total. The van der Waals surface area contributed by atoms with Gasteiger partial charge in [0.1, 0.15) is 0 Å². The van der Waals surface area contributed by atoms with Crippen molar-refractivity contribution in [1.29, 1.82) is 0 Å².